The van der Waals surface area contributed by atoms with Gasteiger partial charge in [0.05, 0.1) is 18.1 Å². The summed E-state index contributed by atoms with van der Waals surface area (Å²) in [4.78, 5) is 0. The van der Waals surface area contributed by atoms with Crippen LogP contribution < -0.4 is 0 Å². The van der Waals surface area contributed by atoms with E-state index in [0.717, 1.165) is 0 Å². The molecule has 1 aromatic rings. The topological polar surface area (TPSA) is 22.4 Å². The van der Waals surface area contributed by atoms with Crippen LogP contribution in [0, 0.1) is 0 Å². The number of furan rings is 1. The second kappa shape index (κ2) is 4.97. The zero-order chi connectivity index (χ0) is 8.74. The van der Waals surface area contributed by atoms with E-state index in [0.29, 0.717) is 0 Å². The maximum Gasteiger partial charge on any atom is 0.0902 e. The first kappa shape index (κ1) is 10.2. The molecule has 2 nitrogen and oxygen atoms in total. The molecule has 0 fully saturated rings. The van der Waals surface area contributed by atoms with E-state index >= 15 is 0 Å². The van der Waals surface area contributed by atoms with E-state index in [9.17, 15) is 0 Å². The summed E-state index contributed by atoms with van der Waals surface area (Å²) in [5, 5.41) is 0. The average molecular weight is 156 g/mol. The van der Waals surface area contributed by atoms with Gasteiger partial charge in [0.15, 0.2) is 0 Å². The molecule has 0 amide bonds. The van der Waals surface area contributed by atoms with Crippen molar-refractivity contribution >= 4 is 0 Å². The van der Waals surface area contributed by atoms with Crippen LogP contribution in [0.25, 0.3) is 0 Å². The fourth-order valence-corrected chi connectivity index (χ4v) is 0.227. The molecule has 0 saturated heterocycles. The normalized spacial score (nSPS) is 10.2. The van der Waals surface area contributed by atoms with Gasteiger partial charge in [0.2, 0.25) is 0 Å². The van der Waals surface area contributed by atoms with Gasteiger partial charge < -0.3 is 9.15 Å². The maximum atomic E-state index is 4.94. The summed E-state index contributed by atoms with van der Waals surface area (Å²) in [7, 11) is 1.71. The van der Waals surface area contributed by atoms with Crippen LogP contribution in [0.15, 0.2) is 29.1 Å². The fraction of sp³-hybridized carbons (Fsp3) is 0.556. The summed E-state index contributed by atoms with van der Waals surface area (Å²) in [6.45, 7) is 6.06. The molecule has 1 heterocycles. The Bertz CT molecular complexity index is 131. The smallest absolute Gasteiger partial charge is 0.0902 e. The third kappa shape index (κ3) is 9.24. The van der Waals surface area contributed by atoms with Crippen LogP contribution >= 0.6 is 0 Å². The number of hydrogen-bond acceptors (Lipinski definition) is 2. The Hall–Kier alpha value is -0.760. The van der Waals surface area contributed by atoms with Gasteiger partial charge in [0.25, 0.3) is 0 Å². The van der Waals surface area contributed by atoms with E-state index < -0.39 is 0 Å². The third-order valence-electron chi connectivity index (χ3n) is 1.04. The Labute approximate surface area is 68.2 Å². The van der Waals surface area contributed by atoms with E-state index in [2.05, 4.69) is 4.42 Å². The molecule has 0 aliphatic rings. The van der Waals surface area contributed by atoms with Crippen LogP contribution in [0.3, 0.4) is 0 Å². The molecule has 0 N–H and O–H groups in total. The minimum Gasteiger partial charge on any atom is -0.473 e. The van der Waals surface area contributed by atoms with Gasteiger partial charge in [-0.25, -0.2) is 0 Å². The molecule has 0 aliphatic carbocycles. The first-order valence-electron chi connectivity index (χ1n) is 3.58. The molecule has 64 valence electrons. The molecular weight excluding hydrogens is 140 g/mol. The summed E-state index contributed by atoms with van der Waals surface area (Å²) < 4.78 is 9.52. The van der Waals surface area contributed by atoms with Gasteiger partial charge in [-0.3, -0.25) is 0 Å². The summed E-state index contributed by atoms with van der Waals surface area (Å²) in [6, 6.07) is 3.67. The van der Waals surface area contributed by atoms with Crippen molar-refractivity contribution in [1.29, 1.82) is 0 Å². The Morgan fingerprint density at radius 2 is 1.45 bits per heavy atom. The Kier molecular flexibility index (Phi) is 4.62. The van der Waals surface area contributed by atoms with Gasteiger partial charge in [-0.1, -0.05) is 0 Å². The fourth-order valence-electron chi connectivity index (χ4n) is 0.227. The lowest BCUT2D eigenvalue weighted by Gasteiger charge is -2.14. The van der Waals surface area contributed by atoms with Gasteiger partial charge in [-0.15, -0.1) is 0 Å². The van der Waals surface area contributed by atoms with Crippen LogP contribution in [0.1, 0.15) is 20.8 Å². The van der Waals surface area contributed by atoms with Crippen LogP contribution in [0.5, 0.6) is 0 Å². The van der Waals surface area contributed by atoms with Crippen molar-refractivity contribution in [2.45, 2.75) is 26.4 Å². The Morgan fingerprint density at radius 1 is 1.09 bits per heavy atom. The quantitative estimate of drug-likeness (QED) is 0.576. The SMILES string of the molecule is COC(C)(C)C.c1ccoc1. The van der Waals surface area contributed by atoms with Gasteiger partial charge >= 0.3 is 0 Å². The molecule has 0 spiro atoms. The number of ether oxygens (including phenoxy) is 1. The number of rotatable bonds is 0. The van der Waals surface area contributed by atoms with Crippen molar-refractivity contribution in [3.05, 3.63) is 24.7 Å². The summed E-state index contributed by atoms with van der Waals surface area (Å²) >= 11 is 0. The van der Waals surface area contributed by atoms with Gasteiger partial charge in [0, 0.05) is 7.11 Å². The van der Waals surface area contributed by atoms with Crippen LogP contribution in [-0.4, -0.2) is 12.7 Å². The number of hydrogen-bond donors (Lipinski definition) is 0. The highest BCUT2D eigenvalue weighted by Gasteiger charge is 2.03. The highest BCUT2D eigenvalue weighted by molar-refractivity contribution is 4.79. The second-order valence-corrected chi connectivity index (χ2v) is 3.11. The third-order valence-corrected chi connectivity index (χ3v) is 1.04. The summed E-state index contributed by atoms with van der Waals surface area (Å²) in [5.74, 6) is 0. The van der Waals surface area contributed by atoms with Crippen molar-refractivity contribution < 1.29 is 9.15 Å². The van der Waals surface area contributed by atoms with E-state index in [4.69, 9.17) is 4.74 Å². The van der Waals surface area contributed by atoms with Crippen LogP contribution in [0.4, 0.5) is 0 Å². The largest absolute Gasteiger partial charge is 0.473 e. The molecule has 0 aromatic carbocycles. The molecule has 0 atom stereocenters. The highest BCUT2D eigenvalue weighted by Crippen LogP contribution is 2.02. The predicted octanol–water partition coefficient (Wildman–Crippen LogP) is 2.71. The molecule has 2 heteroatoms. The minimum absolute atomic E-state index is 0.0417. The van der Waals surface area contributed by atoms with Crippen LogP contribution in [0.2, 0.25) is 0 Å². The average Bonchev–Trinajstić information content (AvgIpc) is 2.41. The Morgan fingerprint density at radius 3 is 1.55 bits per heavy atom. The van der Waals surface area contributed by atoms with Gasteiger partial charge in [-0.2, -0.15) is 0 Å². The Balaban J connectivity index is 0.000000183. The lowest BCUT2D eigenvalue weighted by atomic mass is 10.2. The number of methoxy groups -OCH3 is 1. The second-order valence-electron chi connectivity index (χ2n) is 3.11. The van der Waals surface area contributed by atoms with Gasteiger partial charge in [0.1, 0.15) is 0 Å². The molecule has 0 radical (unpaired) electrons. The summed E-state index contributed by atoms with van der Waals surface area (Å²) in [6.07, 6.45) is 3.25. The van der Waals surface area contributed by atoms with Crippen molar-refractivity contribution in [3.63, 3.8) is 0 Å². The lowest BCUT2D eigenvalue weighted by molar-refractivity contribution is 0.0397. The molecule has 1 rings (SSSR count). The van der Waals surface area contributed by atoms with E-state index in [-0.39, 0.29) is 5.60 Å². The van der Waals surface area contributed by atoms with Crippen LogP contribution in [-0.2, 0) is 4.74 Å². The molecule has 11 heavy (non-hydrogen) atoms. The van der Waals surface area contributed by atoms with Crippen molar-refractivity contribution in [1.82, 2.24) is 0 Å². The summed E-state index contributed by atoms with van der Waals surface area (Å²) in [5.41, 5.74) is 0.0417. The van der Waals surface area contributed by atoms with E-state index in [1.54, 1.807) is 19.6 Å². The van der Waals surface area contributed by atoms with Crippen molar-refractivity contribution in [3.8, 4) is 0 Å². The molecule has 0 saturated carbocycles. The molecule has 1 aromatic heterocycles. The molecular formula is C9H16O2. The highest BCUT2D eigenvalue weighted by atomic mass is 16.5. The van der Waals surface area contributed by atoms with Crippen molar-refractivity contribution in [2.24, 2.45) is 0 Å². The monoisotopic (exact) mass is 156 g/mol. The first-order chi connectivity index (χ1) is 5.06. The minimum atomic E-state index is 0.0417. The molecule has 0 aliphatic heterocycles. The van der Waals surface area contributed by atoms with E-state index in [1.165, 1.54) is 0 Å². The predicted molar refractivity (Wildman–Crippen MR) is 45.5 cm³/mol. The molecule has 0 unspecified atom stereocenters. The maximum absolute atomic E-state index is 4.94. The molecule has 0 bridgehead atoms. The zero-order valence-corrected chi connectivity index (χ0v) is 7.63. The van der Waals surface area contributed by atoms with E-state index in [1.807, 2.05) is 32.9 Å². The zero-order valence-electron chi connectivity index (χ0n) is 7.63. The standard InChI is InChI=1S/C5H12O.C4H4O/c1-5(2,3)6-4;1-2-4-5-3-1/h1-4H3;1-4H. The first-order valence-corrected chi connectivity index (χ1v) is 3.58. The lowest BCUT2D eigenvalue weighted by Crippen LogP contribution is -2.15. The van der Waals surface area contributed by atoms with Gasteiger partial charge in [-0.05, 0) is 32.9 Å². The van der Waals surface area contributed by atoms with Crippen molar-refractivity contribution in [2.75, 3.05) is 7.11 Å².